The van der Waals surface area contributed by atoms with Crippen LogP contribution in [0.4, 0.5) is 5.69 Å². The third-order valence-corrected chi connectivity index (χ3v) is 4.71. The van der Waals surface area contributed by atoms with Crippen molar-refractivity contribution in [2.75, 3.05) is 25.7 Å². The van der Waals surface area contributed by atoms with Gasteiger partial charge in [0.25, 0.3) is 5.91 Å². The molecule has 0 bridgehead atoms. The molecule has 1 aliphatic heterocycles. The Kier molecular flexibility index (Phi) is 5.64. The van der Waals surface area contributed by atoms with E-state index in [-0.39, 0.29) is 11.8 Å². The molecule has 142 valence electrons. The van der Waals surface area contributed by atoms with Crippen LogP contribution in [0.25, 0.3) is 0 Å². The minimum Gasteiger partial charge on any atom is -0.497 e. The molecule has 0 fully saturated rings. The van der Waals surface area contributed by atoms with Crippen LogP contribution in [-0.4, -0.2) is 32.6 Å². The normalized spacial score (nSPS) is 12.5. The highest BCUT2D eigenvalue weighted by molar-refractivity contribution is 5.96. The lowest BCUT2D eigenvalue weighted by molar-refractivity contribution is -0.118. The van der Waals surface area contributed by atoms with Crippen LogP contribution in [0.15, 0.2) is 36.4 Å². The number of benzene rings is 2. The summed E-state index contributed by atoms with van der Waals surface area (Å²) in [7, 11) is 3.10. The summed E-state index contributed by atoms with van der Waals surface area (Å²) in [6.45, 7) is 3.01. The Hall–Kier alpha value is -3.02. The number of anilines is 1. The molecule has 3 rings (SSSR count). The highest BCUT2D eigenvalue weighted by atomic mass is 16.5. The molecule has 0 saturated heterocycles. The van der Waals surface area contributed by atoms with E-state index in [1.54, 1.807) is 32.4 Å². The zero-order valence-electron chi connectivity index (χ0n) is 15.9. The largest absolute Gasteiger partial charge is 0.497 e. The molecule has 0 saturated carbocycles. The zero-order valence-corrected chi connectivity index (χ0v) is 15.9. The number of carbonyl (C=O) groups is 2. The van der Waals surface area contributed by atoms with Crippen molar-refractivity contribution in [3.63, 3.8) is 0 Å². The zero-order chi connectivity index (χ0) is 19.4. The van der Waals surface area contributed by atoms with E-state index >= 15 is 0 Å². The molecule has 0 aliphatic carbocycles. The second-order valence-corrected chi connectivity index (χ2v) is 6.40. The first kappa shape index (κ1) is 18.8. The van der Waals surface area contributed by atoms with Gasteiger partial charge in [-0.25, -0.2) is 0 Å². The molecule has 1 aliphatic rings. The van der Waals surface area contributed by atoms with E-state index in [0.717, 1.165) is 29.8 Å². The summed E-state index contributed by atoms with van der Waals surface area (Å²) in [5.74, 6) is 1.08. The number of nitrogens with one attached hydrogen (secondary N) is 1. The van der Waals surface area contributed by atoms with Gasteiger partial charge in [0.15, 0.2) is 0 Å². The van der Waals surface area contributed by atoms with Crippen molar-refractivity contribution in [2.24, 2.45) is 0 Å². The van der Waals surface area contributed by atoms with E-state index in [9.17, 15) is 9.59 Å². The Morgan fingerprint density at radius 2 is 1.78 bits per heavy atom. The Morgan fingerprint density at radius 1 is 1.07 bits per heavy atom. The molecule has 2 aromatic rings. The fraction of sp³-hybridized carbons (Fsp3) is 0.333. The Balaban J connectivity index is 1.69. The molecule has 0 unspecified atom stereocenters. The van der Waals surface area contributed by atoms with Crippen molar-refractivity contribution < 1.29 is 19.1 Å². The van der Waals surface area contributed by atoms with Crippen molar-refractivity contribution in [1.82, 2.24) is 5.32 Å². The van der Waals surface area contributed by atoms with Crippen LogP contribution < -0.4 is 19.7 Å². The van der Waals surface area contributed by atoms with Crippen molar-refractivity contribution >= 4 is 17.5 Å². The monoisotopic (exact) mass is 368 g/mol. The van der Waals surface area contributed by atoms with Gasteiger partial charge >= 0.3 is 0 Å². The molecule has 0 atom stereocenters. The Bertz CT molecular complexity index is 841. The quantitative estimate of drug-likeness (QED) is 0.851. The summed E-state index contributed by atoms with van der Waals surface area (Å²) in [4.78, 5) is 26.3. The molecule has 2 amide bonds. The number of hydrogen-bond acceptors (Lipinski definition) is 4. The number of carbonyl (C=O) groups excluding carboxylic acids is 2. The predicted octanol–water partition coefficient (Wildman–Crippen LogP) is 2.93. The average molecular weight is 368 g/mol. The van der Waals surface area contributed by atoms with Gasteiger partial charge in [0.05, 0.1) is 14.2 Å². The maximum absolute atomic E-state index is 12.5. The van der Waals surface area contributed by atoms with Gasteiger partial charge in [-0.05, 0) is 35.7 Å². The number of ether oxygens (including phenoxy) is 2. The lowest BCUT2D eigenvalue weighted by Crippen LogP contribution is -2.27. The standard InChI is InChI=1S/C21H24N2O4/c1-4-20(24)23-8-7-15-9-14(5-6-19(15)23)13-22-21(25)16-10-17(26-2)12-18(11-16)27-3/h5-6,9-12H,4,7-8,13H2,1-3H3,(H,22,25). The highest BCUT2D eigenvalue weighted by Crippen LogP contribution is 2.29. The fourth-order valence-corrected chi connectivity index (χ4v) is 3.24. The molecule has 6 heteroatoms. The molecule has 6 nitrogen and oxygen atoms in total. The van der Waals surface area contributed by atoms with Gasteiger partial charge in [-0.3, -0.25) is 9.59 Å². The summed E-state index contributed by atoms with van der Waals surface area (Å²) in [5, 5.41) is 2.92. The minimum atomic E-state index is -0.199. The molecular weight excluding hydrogens is 344 g/mol. The summed E-state index contributed by atoms with van der Waals surface area (Å²) >= 11 is 0. The SMILES string of the molecule is CCC(=O)N1CCc2cc(CNC(=O)c3cc(OC)cc(OC)c3)ccc21. The average Bonchev–Trinajstić information content (AvgIpc) is 3.14. The lowest BCUT2D eigenvalue weighted by atomic mass is 10.1. The van der Waals surface area contributed by atoms with E-state index in [1.165, 1.54) is 0 Å². The third-order valence-electron chi connectivity index (χ3n) is 4.71. The smallest absolute Gasteiger partial charge is 0.251 e. The van der Waals surface area contributed by atoms with Crippen LogP contribution in [0.1, 0.15) is 34.8 Å². The predicted molar refractivity (Wildman–Crippen MR) is 104 cm³/mol. The van der Waals surface area contributed by atoms with Crippen molar-refractivity contribution in [1.29, 1.82) is 0 Å². The van der Waals surface area contributed by atoms with Gasteiger partial charge in [-0.1, -0.05) is 19.1 Å². The number of fused-ring (bicyclic) bond motifs is 1. The maximum Gasteiger partial charge on any atom is 0.251 e. The number of amides is 2. The van der Waals surface area contributed by atoms with Crippen molar-refractivity contribution in [3.8, 4) is 11.5 Å². The summed E-state index contributed by atoms with van der Waals surface area (Å²) in [6.07, 6.45) is 1.34. The van der Waals surface area contributed by atoms with Gasteiger partial charge in [0.1, 0.15) is 11.5 Å². The Labute approximate surface area is 159 Å². The number of rotatable bonds is 6. The van der Waals surface area contributed by atoms with Gasteiger partial charge in [0, 0.05) is 36.8 Å². The molecule has 0 aromatic heterocycles. The first-order valence-corrected chi connectivity index (χ1v) is 8.99. The van der Waals surface area contributed by atoms with Gasteiger partial charge in [-0.15, -0.1) is 0 Å². The number of nitrogens with zero attached hydrogens (tertiary/aromatic N) is 1. The van der Waals surface area contributed by atoms with Crippen LogP contribution in [0.5, 0.6) is 11.5 Å². The topological polar surface area (TPSA) is 67.9 Å². The van der Waals surface area contributed by atoms with Crippen LogP contribution in [0.2, 0.25) is 0 Å². The molecule has 0 spiro atoms. The van der Waals surface area contributed by atoms with Gasteiger partial charge < -0.3 is 19.7 Å². The van der Waals surface area contributed by atoms with E-state index in [2.05, 4.69) is 11.4 Å². The van der Waals surface area contributed by atoms with Crippen LogP contribution in [-0.2, 0) is 17.8 Å². The first-order valence-electron chi connectivity index (χ1n) is 8.99. The number of methoxy groups -OCH3 is 2. The van der Waals surface area contributed by atoms with Gasteiger partial charge in [-0.2, -0.15) is 0 Å². The number of hydrogen-bond donors (Lipinski definition) is 1. The van der Waals surface area contributed by atoms with Gasteiger partial charge in [0.2, 0.25) is 5.91 Å². The van der Waals surface area contributed by atoms with E-state index < -0.39 is 0 Å². The molecule has 2 aromatic carbocycles. The van der Waals surface area contributed by atoms with E-state index in [1.807, 2.05) is 24.0 Å². The Morgan fingerprint density at radius 3 is 2.41 bits per heavy atom. The molecule has 27 heavy (non-hydrogen) atoms. The molecule has 1 N–H and O–H groups in total. The molecule has 1 heterocycles. The minimum absolute atomic E-state index is 0.141. The summed E-state index contributed by atoms with van der Waals surface area (Å²) in [6, 6.07) is 11.0. The van der Waals surface area contributed by atoms with Crippen LogP contribution in [0.3, 0.4) is 0 Å². The van der Waals surface area contributed by atoms with E-state index in [4.69, 9.17) is 9.47 Å². The lowest BCUT2D eigenvalue weighted by Gasteiger charge is -2.16. The maximum atomic E-state index is 12.5. The second-order valence-electron chi connectivity index (χ2n) is 6.40. The van der Waals surface area contributed by atoms with E-state index in [0.29, 0.717) is 30.0 Å². The second kappa shape index (κ2) is 8.12. The van der Waals surface area contributed by atoms with Crippen LogP contribution in [0, 0.1) is 0 Å². The fourth-order valence-electron chi connectivity index (χ4n) is 3.24. The first-order chi connectivity index (χ1) is 13.0. The van der Waals surface area contributed by atoms with Crippen molar-refractivity contribution in [2.45, 2.75) is 26.3 Å². The van der Waals surface area contributed by atoms with Crippen LogP contribution >= 0.6 is 0 Å². The third kappa shape index (κ3) is 4.05. The van der Waals surface area contributed by atoms with Crippen molar-refractivity contribution in [3.05, 3.63) is 53.1 Å². The molecular formula is C21H24N2O4. The highest BCUT2D eigenvalue weighted by Gasteiger charge is 2.23. The summed E-state index contributed by atoms with van der Waals surface area (Å²) < 4.78 is 10.4. The summed E-state index contributed by atoms with van der Waals surface area (Å²) in [5.41, 5.74) is 3.61. The molecule has 0 radical (unpaired) electrons.